The van der Waals surface area contributed by atoms with Crippen LogP contribution < -0.4 is 0 Å². The summed E-state index contributed by atoms with van der Waals surface area (Å²) in [4.78, 5) is 23.0. The number of benzene rings is 1. The van der Waals surface area contributed by atoms with E-state index in [1.165, 1.54) is 0 Å². The molecule has 3 aromatic rings. The zero-order valence-electron chi connectivity index (χ0n) is 17.9. The second kappa shape index (κ2) is 8.67. The van der Waals surface area contributed by atoms with Crippen molar-refractivity contribution in [2.75, 3.05) is 13.1 Å². The minimum atomic E-state index is -0.508. The van der Waals surface area contributed by atoms with E-state index in [1.54, 1.807) is 6.20 Å². The smallest absolute Gasteiger partial charge is 0.410 e. The van der Waals surface area contributed by atoms with Crippen LogP contribution in [0.25, 0.3) is 22.3 Å². The third kappa shape index (κ3) is 4.96. The van der Waals surface area contributed by atoms with Crippen molar-refractivity contribution in [2.24, 2.45) is 5.92 Å². The number of carbonyl (C=O) groups excluding carboxylic acids is 1. The number of carbonyl (C=O) groups is 1. The molecule has 164 valence electrons. The van der Waals surface area contributed by atoms with Gasteiger partial charge in [-0.2, -0.15) is 4.98 Å². The Bertz CT molecular complexity index is 1110. The van der Waals surface area contributed by atoms with Gasteiger partial charge in [0.05, 0.1) is 5.69 Å². The fourth-order valence-corrected chi connectivity index (χ4v) is 4.42. The molecule has 2 aromatic heterocycles. The van der Waals surface area contributed by atoms with Gasteiger partial charge >= 0.3 is 6.09 Å². The van der Waals surface area contributed by atoms with Crippen LogP contribution in [-0.4, -0.2) is 44.2 Å². The summed E-state index contributed by atoms with van der Waals surface area (Å²) in [6.07, 6.45) is 3.42. The molecule has 4 rings (SSSR count). The van der Waals surface area contributed by atoms with Gasteiger partial charge in [-0.05, 0) is 63.3 Å². The van der Waals surface area contributed by atoms with Crippen molar-refractivity contribution in [3.8, 4) is 11.3 Å². The molecule has 0 aliphatic carbocycles. The van der Waals surface area contributed by atoms with E-state index in [4.69, 9.17) is 27.9 Å². The highest BCUT2D eigenvalue weighted by Gasteiger charge is 2.29. The third-order valence-electron chi connectivity index (χ3n) is 5.37. The molecule has 1 atom stereocenters. The Kier molecular flexibility index (Phi) is 6.13. The van der Waals surface area contributed by atoms with E-state index in [1.807, 2.05) is 56.0 Å². The minimum Gasteiger partial charge on any atom is -0.444 e. The van der Waals surface area contributed by atoms with Crippen LogP contribution in [0.3, 0.4) is 0 Å². The summed E-state index contributed by atoms with van der Waals surface area (Å²) >= 11 is 12.6. The Hall–Kier alpha value is -2.31. The fourth-order valence-electron chi connectivity index (χ4n) is 4.06. The monoisotopic (exact) mass is 460 g/mol. The summed E-state index contributed by atoms with van der Waals surface area (Å²) < 4.78 is 7.73. The summed E-state index contributed by atoms with van der Waals surface area (Å²) in [5.74, 6) is 0.256. The van der Waals surface area contributed by atoms with Gasteiger partial charge in [0.1, 0.15) is 11.2 Å². The van der Waals surface area contributed by atoms with Crippen molar-refractivity contribution >= 4 is 40.3 Å². The highest BCUT2D eigenvalue weighted by molar-refractivity contribution is 6.33. The summed E-state index contributed by atoms with van der Waals surface area (Å²) in [6, 6.07) is 9.79. The molecule has 31 heavy (non-hydrogen) atoms. The van der Waals surface area contributed by atoms with Crippen molar-refractivity contribution in [3.63, 3.8) is 0 Å². The molecule has 1 saturated heterocycles. The van der Waals surface area contributed by atoms with E-state index in [9.17, 15) is 4.79 Å². The Morgan fingerprint density at radius 1 is 1.26 bits per heavy atom. The van der Waals surface area contributed by atoms with E-state index in [-0.39, 0.29) is 17.3 Å². The van der Waals surface area contributed by atoms with E-state index >= 15 is 0 Å². The highest BCUT2D eigenvalue weighted by Crippen LogP contribution is 2.34. The number of hydrogen-bond donors (Lipinski definition) is 0. The Balaban J connectivity index is 1.66. The van der Waals surface area contributed by atoms with E-state index in [2.05, 4.69) is 14.5 Å². The van der Waals surface area contributed by atoms with E-state index in [0.29, 0.717) is 24.7 Å². The lowest BCUT2D eigenvalue weighted by Gasteiger charge is -2.34. The number of piperidine rings is 1. The number of aromatic nitrogens is 3. The maximum Gasteiger partial charge on any atom is 0.410 e. The summed E-state index contributed by atoms with van der Waals surface area (Å²) in [5.41, 5.74) is 2.15. The molecule has 1 aliphatic rings. The van der Waals surface area contributed by atoms with Crippen molar-refractivity contribution < 1.29 is 9.53 Å². The lowest BCUT2D eigenvalue weighted by atomic mass is 9.98. The second-order valence-electron chi connectivity index (χ2n) is 8.97. The summed E-state index contributed by atoms with van der Waals surface area (Å²) in [7, 11) is 0. The molecule has 1 fully saturated rings. The number of ether oxygens (including phenoxy) is 1. The molecule has 0 saturated carbocycles. The molecular weight excluding hydrogens is 435 g/mol. The number of nitrogens with zero attached hydrogens (tertiary/aromatic N) is 4. The summed E-state index contributed by atoms with van der Waals surface area (Å²) in [6.45, 7) is 7.70. The molecule has 0 spiro atoms. The maximum absolute atomic E-state index is 12.6. The summed E-state index contributed by atoms with van der Waals surface area (Å²) in [5, 5.41) is 1.78. The zero-order chi connectivity index (χ0) is 22.2. The van der Waals surface area contributed by atoms with Crippen LogP contribution in [-0.2, 0) is 11.3 Å². The molecule has 1 aromatic carbocycles. The minimum absolute atomic E-state index is 0.205. The van der Waals surface area contributed by atoms with E-state index < -0.39 is 5.60 Å². The first-order valence-corrected chi connectivity index (χ1v) is 11.2. The predicted octanol–water partition coefficient (Wildman–Crippen LogP) is 6.05. The van der Waals surface area contributed by atoms with Crippen LogP contribution in [0.4, 0.5) is 4.79 Å². The normalized spacial score (nSPS) is 17.2. The number of likely N-dealkylation sites (tertiary alicyclic amines) is 1. The number of halogens is 2. The molecule has 0 bridgehead atoms. The average Bonchev–Trinajstić information content (AvgIpc) is 3.05. The largest absolute Gasteiger partial charge is 0.444 e. The molecule has 1 unspecified atom stereocenters. The topological polar surface area (TPSA) is 60.2 Å². The van der Waals surface area contributed by atoms with Gasteiger partial charge < -0.3 is 14.2 Å². The van der Waals surface area contributed by atoms with Gasteiger partial charge in [0, 0.05) is 41.8 Å². The van der Waals surface area contributed by atoms with Crippen LogP contribution in [0.2, 0.25) is 10.3 Å². The molecule has 8 heteroatoms. The van der Waals surface area contributed by atoms with Crippen LogP contribution in [0, 0.1) is 5.92 Å². The molecule has 1 aliphatic heterocycles. The number of amides is 1. The average molecular weight is 461 g/mol. The van der Waals surface area contributed by atoms with E-state index in [0.717, 1.165) is 35.1 Å². The Morgan fingerprint density at radius 3 is 2.77 bits per heavy atom. The first kappa shape index (κ1) is 21.9. The maximum atomic E-state index is 12.6. The fraction of sp³-hybridized carbons (Fsp3) is 0.435. The van der Waals surface area contributed by atoms with Crippen molar-refractivity contribution in [1.82, 2.24) is 19.4 Å². The van der Waals surface area contributed by atoms with Gasteiger partial charge in [-0.15, -0.1) is 0 Å². The van der Waals surface area contributed by atoms with Crippen LogP contribution >= 0.6 is 23.2 Å². The van der Waals surface area contributed by atoms with Crippen molar-refractivity contribution in [2.45, 2.75) is 45.8 Å². The number of fused-ring (bicyclic) bond motifs is 1. The molecule has 0 radical (unpaired) electrons. The first-order valence-electron chi connectivity index (χ1n) is 10.5. The van der Waals surface area contributed by atoms with Crippen LogP contribution in [0.5, 0.6) is 0 Å². The molecule has 1 amide bonds. The second-order valence-corrected chi connectivity index (χ2v) is 9.72. The van der Waals surface area contributed by atoms with Crippen molar-refractivity contribution in [3.05, 3.63) is 46.8 Å². The number of hydrogen-bond acceptors (Lipinski definition) is 4. The van der Waals surface area contributed by atoms with Crippen LogP contribution in [0.15, 0.2) is 36.5 Å². The Morgan fingerprint density at radius 2 is 2.03 bits per heavy atom. The van der Waals surface area contributed by atoms with Gasteiger partial charge in [-0.3, -0.25) is 0 Å². The van der Waals surface area contributed by atoms with Gasteiger partial charge in [-0.25, -0.2) is 9.78 Å². The standard InChI is InChI=1S/C23H26Cl2N4O2/c1-23(2,3)31-22(30)28-10-6-7-15(13-28)14-29-19(17-8-4-5-9-18(17)24)11-16-12-26-21(25)27-20(16)29/h4-5,8-9,11-12,15H,6-7,10,13-14H2,1-3H3. The van der Waals surface area contributed by atoms with Gasteiger partial charge in [0.2, 0.25) is 5.28 Å². The predicted molar refractivity (Wildman–Crippen MR) is 124 cm³/mol. The lowest BCUT2D eigenvalue weighted by Crippen LogP contribution is -2.43. The van der Waals surface area contributed by atoms with Gasteiger partial charge in [0.15, 0.2) is 0 Å². The highest BCUT2D eigenvalue weighted by atomic mass is 35.5. The van der Waals surface area contributed by atoms with Crippen LogP contribution in [0.1, 0.15) is 33.6 Å². The molecule has 0 N–H and O–H groups in total. The molecule has 3 heterocycles. The lowest BCUT2D eigenvalue weighted by molar-refractivity contribution is 0.0158. The quantitative estimate of drug-likeness (QED) is 0.446. The van der Waals surface area contributed by atoms with Gasteiger partial charge in [-0.1, -0.05) is 29.8 Å². The molecular formula is C23H26Cl2N4O2. The van der Waals surface area contributed by atoms with Crippen molar-refractivity contribution in [1.29, 1.82) is 0 Å². The first-order chi connectivity index (χ1) is 14.7. The van der Waals surface area contributed by atoms with Gasteiger partial charge in [0.25, 0.3) is 0 Å². The SMILES string of the molecule is CC(C)(C)OC(=O)N1CCCC(Cn2c(-c3ccccc3Cl)cc3cnc(Cl)nc32)C1. The number of rotatable bonds is 3. The molecule has 6 nitrogen and oxygen atoms in total. The zero-order valence-corrected chi connectivity index (χ0v) is 19.5. The third-order valence-corrected chi connectivity index (χ3v) is 5.88. The Labute approximate surface area is 192 Å².